The third kappa shape index (κ3) is 5.01. The molecule has 1 aliphatic heterocycles. The third-order valence-corrected chi connectivity index (χ3v) is 5.76. The molecule has 0 unspecified atom stereocenters. The minimum Gasteiger partial charge on any atom is -0.384 e. The zero-order valence-corrected chi connectivity index (χ0v) is 18.1. The zero-order valence-electron chi connectivity index (χ0n) is 18.1. The summed E-state index contributed by atoms with van der Waals surface area (Å²) >= 11 is 0. The van der Waals surface area contributed by atoms with Crippen LogP contribution in [0, 0.1) is 5.82 Å². The lowest BCUT2D eigenvalue weighted by Crippen LogP contribution is -2.33. The van der Waals surface area contributed by atoms with E-state index in [1.807, 2.05) is 0 Å². The van der Waals surface area contributed by atoms with Crippen molar-refractivity contribution in [2.75, 3.05) is 31.9 Å². The molecule has 33 heavy (non-hydrogen) atoms. The summed E-state index contributed by atoms with van der Waals surface area (Å²) in [7, 11) is 0. The minimum atomic E-state index is -0.458. The second-order valence-corrected chi connectivity index (χ2v) is 8.00. The molecule has 1 aromatic heterocycles. The second-order valence-electron chi connectivity index (χ2n) is 8.00. The number of ketones is 1. The summed E-state index contributed by atoms with van der Waals surface area (Å²) in [6.45, 7) is 3.44. The first-order chi connectivity index (χ1) is 15.9. The van der Waals surface area contributed by atoms with Crippen molar-refractivity contribution in [2.24, 2.45) is 0 Å². The van der Waals surface area contributed by atoms with E-state index in [9.17, 15) is 18.8 Å². The van der Waals surface area contributed by atoms with E-state index in [1.54, 1.807) is 24.3 Å². The van der Waals surface area contributed by atoms with Gasteiger partial charge < -0.3 is 16.0 Å². The predicted molar refractivity (Wildman–Crippen MR) is 124 cm³/mol. The summed E-state index contributed by atoms with van der Waals surface area (Å²) in [5.41, 5.74) is 6.91. The van der Waals surface area contributed by atoms with Gasteiger partial charge in [0.25, 0.3) is 11.5 Å². The first-order valence-electron chi connectivity index (χ1n) is 10.9. The van der Waals surface area contributed by atoms with E-state index in [4.69, 9.17) is 5.73 Å². The van der Waals surface area contributed by atoms with E-state index >= 15 is 0 Å². The van der Waals surface area contributed by atoms with Gasteiger partial charge in [-0.3, -0.25) is 19.0 Å². The smallest absolute Gasteiger partial charge is 0.256 e. The highest BCUT2D eigenvalue weighted by Crippen LogP contribution is 2.20. The number of hydrogen-bond donors (Lipinski definition) is 2. The van der Waals surface area contributed by atoms with Gasteiger partial charge in [0.2, 0.25) is 0 Å². The molecule has 0 atom stereocenters. The van der Waals surface area contributed by atoms with Crippen LogP contribution in [0.1, 0.15) is 39.1 Å². The molecule has 0 aliphatic carbocycles. The quantitative estimate of drug-likeness (QED) is 0.542. The molecule has 1 fully saturated rings. The van der Waals surface area contributed by atoms with E-state index in [-0.39, 0.29) is 22.9 Å². The number of halogens is 1. The molecule has 4 rings (SSSR count). The number of pyridine rings is 1. The molecule has 0 radical (unpaired) electrons. The van der Waals surface area contributed by atoms with Crippen LogP contribution in [0.4, 0.5) is 10.2 Å². The van der Waals surface area contributed by atoms with Crippen molar-refractivity contribution < 1.29 is 14.0 Å². The van der Waals surface area contributed by atoms with Gasteiger partial charge in [-0.05, 0) is 74.5 Å². The molecule has 0 saturated carbocycles. The SMILES string of the molecule is Nc1c(C(=O)c2ccc(F)cc2)ccc(=O)n1-c1cccc(C(=O)NCCN2CCCC2)c1. The Bertz CT molecular complexity index is 1230. The first-order valence-corrected chi connectivity index (χ1v) is 10.9. The Morgan fingerprint density at radius 1 is 0.970 bits per heavy atom. The number of nitrogen functional groups attached to an aromatic ring is 1. The van der Waals surface area contributed by atoms with Crippen molar-refractivity contribution in [2.45, 2.75) is 12.8 Å². The number of nitrogens with zero attached hydrogens (tertiary/aromatic N) is 2. The molecule has 3 N–H and O–H groups in total. The van der Waals surface area contributed by atoms with Crippen molar-refractivity contribution in [1.29, 1.82) is 0 Å². The van der Waals surface area contributed by atoms with Crippen molar-refractivity contribution in [3.05, 3.63) is 93.5 Å². The van der Waals surface area contributed by atoms with Gasteiger partial charge in [0.05, 0.1) is 11.3 Å². The standard InChI is InChI=1S/C25H25FN4O3/c26-19-8-6-17(7-9-19)23(32)21-10-11-22(31)30(24(21)27)20-5-3-4-18(16-20)25(33)28-12-15-29-13-1-2-14-29/h3-11,16H,1-2,12-15,27H2,(H,28,33). The van der Waals surface area contributed by atoms with Gasteiger partial charge in [-0.15, -0.1) is 0 Å². The number of carbonyl (C=O) groups is 2. The maximum absolute atomic E-state index is 13.2. The number of nitrogens with two attached hydrogens (primary N) is 1. The number of rotatable bonds is 7. The Morgan fingerprint density at radius 3 is 2.42 bits per heavy atom. The number of carbonyl (C=O) groups excluding carboxylic acids is 2. The topological polar surface area (TPSA) is 97.4 Å². The number of likely N-dealkylation sites (tertiary alicyclic amines) is 1. The summed E-state index contributed by atoms with van der Waals surface area (Å²) in [4.78, 5) is 40.4. The van der Waals surface area contributed by atoms with E-state index in [1.165, 1.54) is 53.8 Å². The van der Waals surface area contributed by atoms with Gasteiger partial charge in [-0.2, -0.15) is 0 Å². The fourth-order valence-corrected chi connectivity index (χ4v) is 3.99. The molecule has 170 valence electrons. The highest BCUT2D eigenvalue weighted by Gasteiger charge is 2.18. The normalized spacial score (nSPS) is 13.7. The highest BCUT2D eigenvalue weighted by atomic mass is 19.1. The van der Waals surface area contributed by atoms with Crippen LogP contribution in [0.2, 0.25) is 0 Å². The summed E-state index contributed by atoms with van der Waals surface area (Å²) in [5, 5.41) is 2.91. The number of nitrogens with one attached hydrogen (secondary N) is 1. The van der Waals surface area contributed by atoms with E-state index in [0.717, 1.165) is 19.6 Å². The molecule has 3 aromatic rings. The third-order valence-electron chi connectivity index (χ3n) is 5.76. The summed E-state index contributed by atoms with van der Waals surface area (Å²) < 4.78 is 14.4. The number of anilines is 1. The predicted octanol–water partition coefficient (Wildman–Crippen LogP) is 2.62. The summed E-state index contributed by atoms with van der Waals surface area (Å²) in [5.74, 6) is -1.19. The lowest BCUT2D eigenvalue weighted by Gasteiger charge is -2.16. The number of benzene rings is 2. The van der Waals surface area contributed by atoms with E-state index in [0.29, 0.717) is 17.8 Å². The molecule has 1 saturated heterocycles. The fraction of sp³-hybridized carbons (Fsp3) is 0.240. The van der Waals surface area contributed by atoms with Gasteiger partial charge in [-0.25, -0.2) is 4.39 Å². The molecule has 8 heteroatoms. The van der Waals surface area contributed by atoms with Crippen molar-refractivity contribution in [1.82, 2.24) is 14.8 Å². The monoisotopic (exact) mass is 448 g/mol. The lowest BCUT2D eigenvalue weighted by atomic mass is 10.0. The Morgan fingerprint density at radius 2 is 1.70 bits per heavy atom. The molecule has 0 bridgehead atoms. The van der Waals surface area contributed by atoms with Crippen molar-refractivity contribution in [3.8, 4) is 5.69 Å². The maximum atomic E-state index is 13.2. The van der Waals surface area contributed by atoms with Gasteiger partial charge in [0.15, 0.2) is 5.78 Å². The van der Waals surface area contributed by atoms with Crippen molar-refractivity contribution >= 4 is 17.5 Å². The Labute approximate surface area is 190 Å². The number of amides is 1. The Hall–Kier alpha value is -3.78. The molecule has 7 nitrogen and oxygen atoms in total. The molecule has 1 aliphatic rings. The van der Waals surface area contributed by atoms with Crippen LogP contribution in [-0.4, -0.2) is 47.3 Å². The van der Waals surface area contributed by atoms with Crippen LogP contribution in [0.5, 0.6) is 0 Å². The van der Waals surface area contributed by atoms with Gasteiger partial charge in [0, 0.05) is 30.3 Å². The average Bonchev–Trinajstić information content (AvgIpc) is 3.33. The van der Waals surface area contributed by atoms with E-state index in [2.05, 4.69) is 10.2 Å². The number of aromatic nitrogens is 1. The van der Waals surface area contributed by atoms with Gasteiger partial charge >= 0.3 is 0 Å². The van der Waals surface area contributed by atoms with Crippen LogP contribution in [0.3, 0.4) is 0 Å². The number of hydrogen-bond acceptors (Lipinski definition) is 5. The molecule has 1 amide bonds. The molecular formula is C25H25FN4O3. The van der Waals surface area contributed by atoms with Crippen LogP contribution >= 0.6 is 0 Å². The van der Waals surface area contributed by atoms with Crippen LogP contribution in [0.15, 0.2) is 65.5 Å². The summed E-state index contributed by atoms with van der Waals surface area (Å²) in [6, 6.07) is 14.2. The Kier molecular flexibility index (Phi) is 6.65. The molecular weight excluding hydrogens is 423 g/mol. The molecule has 2 heterocycles. The summed E-state index contributed by atoms with van der Waals surface area (Å²) in [6.07, 6.45) is 2.38. The highest BCUT2D eigenvalue weighted by molar-refractivity contribution is 6.11. The molecule has 2 aromatic carbocycles. The van der Waals surface area contributed by atoms with Crippen molar-refractivity contribution in [3.63, 3.8) is 0 Å². The van der Waals surface area contributed by atoms with E-state index < -0.39 is 17.2 Å². The van der Waals surface area contributed by atoms with Crippen LogP contribution in [0.25, 0.3) is 5.69 Å². The Balaban J connectivity index is 1.57. The fourth-order valence-electron chi connectivity index (χ4n) is 3.99. The van der Waals surface area contributed by atoms with Crippen LogP contribution in [-0.2, 0) is 0 Å². The molecule has 0 spiro atoms. The second kappa shape index (κ2) is 9.79. The van der Waals surface area contributed by atoms with Crippen LogP contribution < -0.4 is 16.6 Å². The lowest BCUT2D eigenvalue weighted by molar-refractivity contribution is 0.0949. The van der Waals surface area contributed by atoms with Gasteiger partial charge in [0.1, 0.15) is 11.6 Å². The first kappa shape index (κ1) is 22.4. The van der Waals surface area contributed by atoms with Gasteiger partial charge in [-0.1, -0.05) is 6.07 Å². The minimum absolute atomic E-state index is 0.0524. The average molecular weight is 448 g/mol. The maximum Gasteiger partial charge on any atom is 0.256 e. The largest absolute Gasteiger partial charge is 0.384 e. The zero-order chi connectivity index (χ0) is 23.4.